The average Bonchev–Trinajstić information content (AvgIpc) is 3.36. The number of carbonyl (C=O) groups is 2. The third-order valence-electron chi connectivity index (χ3n) is 4.79. The summed E-state index contributed by atoms with van der Waals surface area (Å²) in [6.07, 6.45) is 0.533. The summed E-state index contributed by atoms with van der Waals surface area (Å²) in [6, 6.07) is 8.10. The van der Waals surface area contributed by atoms with Gasteiger partial charge in [0.2, 0.25) is 5.91 Å². The molecular weight excluding hydrogens is 430 g/mol. The summed E-state index contributed by atoms with van der Waals surface area (Å²) in [7, 11) is 1.72. The molecule has 0 radical (unpaired) electrons. The van der Waals surface area contributed by atoms with Gasteiger partial charge in [-0.05, 0) is 43.2 Å². The van der Waals surface area contributed by atoms with Gasteiger partial charge in [0.25, 0.3) is 12.3 Å². The lowest BCUT2D eigenvalue weighted by molar-refractivity contribution is -0.117. The number of nitrogens with one attached hydrogen (secondary N) is 2. The zero-order valence-corrected chi connectivity index (χ0v) is 17.2. The van der Waals surface area contributed by atoms with Gasteiger partial charge in [-0.15, -0.1) is 0 Å². The lowest BCUT2D eigenvalue weighted by Gasteiger charge is -2.09. The van der Waals surface area contributed by atoms with E-state index < -0.39 is 18.0 Å². The van der Waals surface area contributed by atoms with E-state index in [0.717, 1.165) is 12.8 Å². The summed E-state index contributed by atoms with van der Waals surface area (Å²) in [4.78, 5) is 24.6. The van der Waals surface area contributed by atoms with Crippen LogP contribution in [0.3, 0.4) is 0 Å². The third-order valence-corrected chi connectivity index (χ3v) is 5.18. The minimum atomic E-state index is -2.80. The molecule has 0 saturated heterocycles. The summed E-state index contributed by atoms with van der Waals surface area (Å²) in [5, 5.41) is 13.2. The van der Waals surface area contributed by atoms with E-state index in [2.05, 4.69) is 20.8 Å². The highest BCUT2D eigenvalue weighted by Crippen LogP contribution is 2.45. The van der Waals surface area contributed by atoms with Crippen molar-refractivity contribution in [3.05, 3.63) is 58.6 Å². The standard InChI is InChI=1S/C20H19ClF2N6O2/c1-28-9-8-14(26-28)20(31)25-13-6-4-12(5-7-13)24-15(30)10-29-18(11-2-3-11)16(21)17(27-29)19(22)23/h4-9,11,19H,2-3,10H2,1H3,(H,24,30)(H,25,31). The molecule has 11 heteroatoms. The largest absolute Gasteiger partial charge is 0.324 e. The lowest BCUT2D eigenvalue weighted by atomic mass is 10.2. The minimum Gasteiger partial charge on any atom is -0.324 e. The Labute approximate surface area is 181 Å². The molecule has 1 aliphatic carbocycles. The topological polar surface area (TPSA) is 93.8 Å². The molecular formula is C20H19ClF2N6O2. The Morgan fingerprint density at radius 3 is 2.32 bits per heavy atom. The van der Waals surface area contributed by atoms with Crippen LogP contribution in [0.25, 0.3) is 0 Å². The van der Waals surface area contributed by atoms with Crippen LogP contribution in [0.1, 0.15) is 47.1 Å². The van der Waals surface area contributed by atoms with Crippen LogP contribution in [-0.4, -0.2) is 31.4 Å². The highest BCUT2D eigenvalue weighted by molar-refractivity contribution is 6.32. The van der Waals surface area contributed by atoms with Gasteiger partial charge in [0.15, 0.2) is 5.69 Å². The zero-order chi connectivity index (χ0) is 22.1. The Balaban J connectivity index is 1.39. The molecule has 1 saturated carbocycles. The first-order chi connectivity index (χ1) is 14.8. The van der Waals surface area contributed by atoms with E-state index in [-0.39, 0.29) is 29.1 Å². The van der Waals surface area contributed by atoms with Gasteiger partial charge in [0.1, 0.15) is 12.2 Å². The average molecular weight is 449 g/mol. The second-order valence-corrected chi connectivity index (χ2v) is 7.65. The van der Waals surface area contributed by atoms with Gasteiger partial charge < -0.3 is 10.6 Å². The quantitative estimate of drug-likeness (QED) is 0.571. The lowest BCUT2D eigenvalue weighted by Crippen LogP contribution is -2.21. The fourth-order valence-corrected chi connectivity index (χ4v) is 3.56. The van der Waals surface area contributed by atoms with Crippen molar-refractivity contribution in [3.63, 3.8) is 0 Å². The first-order valence-corrected chi connectivity index (χ1v) is 9.94. The third kappa shape index (κ3) is 4.74. The maximum Gasteiger partial charge on any atom is 0.283 e. The molecule has 0 spiro atoms. The van der Waals surface area contributed by atoms with Crippen molar-refractivity contribution < 1.29 is 18.4 Å². The maximum absolute atomic E-state index is 13.1. The Hall–Kier alpha value is -3.27. The van der Waals surface area contributed by atoms with Gasteiger partial charge in [0, 0.05) is 30.5 Å². The summed E-state index contributed by atoms with van der Waals surface area (Å²) in [5.74, 6) is -0.718. The van der Waals surface area contributed by atoms with Crippen LogP contribution in [-0.2, 0) is 18.4 Å². The molecule has 4 rings (SSSR count). The van der Waals surface area contributed by atoms with Gasteiger partial charge in [-0.2, -0.15) is 10.2 Å². The molecule has 1 fully saturated rings. The number of nitrogens with zero attached hydrogens (tertiary/aromatic N) is 4. The SMILES string of the molecule is Cn1ccc(C(=O)Nc2ccc(NC(=O)Cn3nc(C(F)F)c(Cl)c3C3CC3)cc2)n1. The van der Waals surface area contributed by atoms with E-state index in [1.807, 2.05) is 0 Å². The van der Waals surface area contributed by atoms with Crippen molar-refractivity contribution >= 4 is 34.8 Å². The van der Waals surface area contributed by atoms with E-state index >= 15 is 0 Å². The van der Waals surface area contributed by atoms with Gasteiger partial charge in [-0.1, -0.05) is 11.6 Å². The monoisotopic (exact) mass is 448 g/mol. The Bertz CT molecular complexity index is 1120. The van der Waals surface area contributed by atoms with Crippen LogP contribution in [0.2, 0.25) is 5.02 Å². The van der Waals surface area contributed by atoms with Gasteiger partial charge in [0.05, 0.1) is 10.7 Å². The van der Waals surface area contributed by atoms with Crippen LogP contribution < -0.4 is 10.6 Å². The molecule has 0 unspecified atom stereocenters. The number of aryl methyl sites for hydroxylation is 1. The maximum atomic E-state index is 13.1. The molecule has 0 bridgehead atoms. The number of rotatable bonds is 7. The van der Waals surface area contributed by atoms with Crippen LogP contribution in [0.5, 0.6) is 0 Å². The molecule has 162 valence electrons. The number of hydrogen-bond acceptors (Lipinski definition) is 4. The van der Waals surface area contributed by atoms with Gasteiger partial charge in [-0.3, -0.25) is 19.0 Å². The Kier molecular flexibility index (Phi) is 5.73. The number of benzene rings is 1. The highest BCUT2D eigenvalue weighted by Gasteiger charge is 2.34. The molecule has 2 amide bonds. The Morgan fingerprint density at radius 2 is 1.77 bits per heavy atom. The van der Waals surface area contributed by atoms with Crippen molar-refractivity contribution in [2.24, 2.45) is 7.05 Å². The van der Waals surface area contributed by atoms with E-state index in [9.17, 15) is 18.4 Å². The van der Waals surface area contributed by atoms with Crippen molar-refractivity contribution in [2.45, 2.75) is 31.7 Å². The minimum absolute atomic E-state index is 0.0571. The molecule has 0 aliphatic heterocycles. The normalized spacial score (nSPS) is 13.5. The molecule has 2 N–H and O–H groups in total. The number of alkyl halides is 2. The van der Waals surface area contributed by atoms with E-state index in [0.29, 0.717) is 17.1 Å². The molecule has 1 aromatic carbocycles. The van der Waals surface area contributed by atoms with Crippen LogP contribution in [0, 0.1) is 0 Å². The predicted molar refractivity (Wildman–Crippen MR) is 110 cm³/mol. The smallest absolute Gasteiger partial charge is 0.283 e. The van der Waals surface area contributed by atoms with Crippen molar-refractivity contribution in [1.82, 2.24) is 19.6 Å². The summed E-state index contributed by atoms with van der Waals surface area (Å²) in [6.45, 7) is -0.226. The van der Waals surface area contributed by atoms with Crippen molar-refractivity contribution in [1.29, 1.82) is 0 Å². The van der Waals surface area contributed by atoms with E-state index in [1.165, 1.54) is 9.36 Å². The number of carbonyl (C=O) groups excluding carboxylic acids is 2. The van der Waals surface area contributed by atoms with Crippen LogP contribution >= 0.6 is 11.6 Å². The molecule has 31 heavy (non-hydrogen) atoms. The number of anilines is 2. The predicted octanol–water partition coefficient (Wildman–Crippen LogP) is 3.98. The number of hydrogen-bond donors (Lipinski definition) is 2. The Morgan fingerprint density at radius 1 is 1.13 bits per heavy atom. The first kappa shape index (κ1) is 21.0. The molecule has 1 aliphatic rings. The number of amides is 2. The van der Waals surface area contributed by atoms with Gasteiger partial charge >= 0.3 is 0 Å². The van der Waals surface area contributed by atoms with E-state index in [1.54, 1.807) is 43.6 Å². The van der Waals surface area contributed by atoms with Crippen LogP contribution in [0.4, 0.5) is 20.2 Å². The molecule has 2 heterocycles. The van der Waals surface area contributed by atoms with Gasteiger partial charge in [-0.25, -0.2) is 8.78 Å². The molecule has 0 atom stereocenters. The van der Waals surface area contributed by atoms with Crippen LogP contribution in [0.15, 0.2) is 36.5 Å². The first-order valence-electron chi connectivity index (χ1n) is 9.57. The van der Waals surface area contributed by atoms with E-state index in [4.69, 9.17) is 11.6 Å². The fourth-order valence-electron chi connectivity index (χ4n) is 3.18. The molecule has 2 aromatic heterocycles. The summed E-state index contributed by atoms with van der Waals surface area (Å²) >= 11 is 6.07. The number of aromatic nitrogens is 4. The molecule has 3 aromatic rings. The number of halogens is 3. The fraction of sp³-hybridized carbons (Fsp3) is 0.300. The summed E-state index contributed by atoms with van der Waals surface area (Å²) in [5.41, 5.74) is 1.29. The second kappa shape index (κ2) is 8.46. The highest BCUT2D eigenvalue weighted by atomic mass is 35.5. The van der Waals surface area contributed by atoms with Crippen molar-refractivity contribution in [2.75, 3.05) is 10.6 Å². The summed E-state index contributed by atoms with van der Waals surface area (Å²) < 4.78 is 29.1. The van der Waals surface area contributed by atoms with Crippen molar-refractivity contribution in [3.8, 4) is 0 Å². The second-order valence-electron chi connectivity index (χ2n) is 7.27. The zero-order valence-electron chi connectivity index (χ0n) is 16.5. The molecule has 8 nitrogen and oxygen atoms in total.